The van der Waals surface area contributed by atoms with Crippen molar-refractivity contribution in [2.24, 2.45) is 13.0 Å². The van der Waals surface area contributed by atoms with Crippen molar-refractivity contribution in [1.29, 1.82) is 0 Å². The van der Waals surface area contributed by atoms with Crippen LogP contribution in [0, 0.1) is 5.92 Å². The fraction of sp³-hybridized carbons (Fsp3) is 0.474. The summed E-state index contributed by atoms with van der Waals surface area (Å²) in [6, 6.07) is 9.81. The summed E-state index contributed by atoms with van der Waals surface area (Å²) in [5, 5.41) is 13.5. The van der Waals surface area contributed by atoms with E-state index < -0.39 is 6.10 Å². The Balaban J connectivity index is 1.44. The van der Waals surface area contributed by atoms with E-state index in [-0.39, 0.29) is 5.56 Å². The molecular formula is C19H26N4O2. The Labute approximate surface area is 148 Å². The number of nitrogens with one attached hydrogen (secondary N) is 1. The zero-order valence-corrected chi connectivity index (χ0v) is 14.6. The van der Waals surface area contributed by atoms with Gasteiger partial charge in [-0.3, -0.25) is 4.79 Å². The van der Waals surface area contributed by atoms with Gasteiger partial charge in [0.1, 0.15) is 0 Å². The highest BCUT2D eigenvalue weighted by atomic mass is 16.3. The number of piperidine rings is 1. The molecule has 1 aliphatic heterocycles. The first-order valence-corrected chi connectivity index (χ1v) is 8.84. The minimum Gasteiger partial charge on any atom is -0.387 e. The highest BCUT2D eigenvalue weighted by molar-refractivity contribution is 5.30. The van der Waals surface area contributed by atoms with Crippen molar-refractivity contribution in [3.63, 3.8) is 0 Å². The number of anilines is 1. The molecule has 1 fully saturated rings. The number of β-amino-alcohol motifs (C(OH)–C–C–N with tert-alkyl or cyclic N) is 1. The maximum Gasteiger partial charge on any atom is 0.293 e. The van der Waals surface area contributed by atoms with Crippen LogP contribution in [-0.4, -0.2) is 45.7 Å². The maximum absolute atomic E-state index is 12.0. The van der Waals surface area contributed by atoms with Crippen molar-refractivity contribution in [2.75, 3.05) is 31.5 Å². The van der Waals surface area contributed by atoms with Crippen molar-refractivity contribution in [3.05, 3.63) is 58.6 Å². The number of aliphatic hydroxyl groups excluding tert-OH is 1. The Hall–Kier alpha value is -2.18. The number of rotatable bonds is 6. The van der Waals surface area contributed by atoms with Gasteiger partial charge in [-0.25, -0.2) is 4.98 Å². The molecule has 1 aromatic heterocycles. The maximum atomic E-state index is 12.0. The summed E-state index contributed by atoms with van der Waals surface area (Å²) in [4.78, 5) is 18.4. The molecule has 0 radical (unpaired) electrons. The van der Waals surface area contributed by atoms with Gasteiger partial charge in [-0.05, 0) is 37.4 Å². The molecule has 25 heavy (non-hydrogen) atoms. The highest BCUT2D eigenvalue weighted by Crippen LogP contribution is 2.20. The Morgan fingerprint density at radius 2 is 2.00 bits per heavy atom. The molecule has 1 atom stereocenters. The molecule has 134 valence electrons. The summed E-state index contributed by atoms with van der Waals surface area (Å²) >= 11 is 0. The standard InChI is InChI=1S/C19H26N4O2/c1-22-12-9-20-18(19(22)25)21-13-15-7-10-23(11-8-15)14-17(24)16-5-3-2-4-6-16/h2-6,9,12,15,17,24H,7-8,10-11,13-14H2,1H3,(H,20,21)/t17-/m1/s1. The second-order valence-electron chi connectivity index (χ2n) is 6.74. The van der Waals surface area contributed by atoms with Gasteiger partial charge in [-0.1, -0.05) is 30.3 Å². The lowest BCUT2D eigenvalue weighted by atomic mass is 9.96. The van der Waals surface area contributed by atoms with Gasteiger partial charge in [0.2, 0.25) is 0 Å². The lowest BCUT2D eigenvalue weighted by Gasteiger charge is -2.33. The van der Waals surface area contributed by atoms with Crippen molar-refractivity contribution >= 4 is 5.82 Å². The van der Waals surface area contributed by atoms with Crippen molar-refractivity contribution in [1.82, 2.24) is 14.5 Å². The van der Waals surface area contributed by atoms with E-state index in [2.05, 4.69) is 15.2 Å². The molecular weight excluding hydrogens is 316 g/mol. The summed E-state index contributed by atoms with van der Waals surface area (Å²) in [6.07, 6.45) is 4.97. The van der Waals surface area contributed by atoms with E-state index in [1.807, 2.05) is 30.3 Å². The van der Waals surface area contributed by atoms with E-state index in [1.165, 1.54) is 4.57 Å². The smallest absolute Gasteiger partial charge is 0.293 e. The van der Waals surface area contributed by atoms with Crippen LogP contribution in [0.1, 0.15) is 24.5 Å². The Morgan fingerprint density at radius 1 is 1.28 bits per heavy atom. The van der Waals surface area contributed by atoms with E-state index in [4.69, 9.17) is 0 Å². The zero-order chi connectivity index (χ0) is 17.6. The van der Waals surface area contributed by atoms with Crippen LogP contribution in [0.15, 0.2) is 47.5 Å². The number of aryl methyl sites for hydroxylation is 1. The summed E-state index contributed by atoms with van der Waals surface area (Å²) in [5.74, 6) is 0.948. The highest BCUT2D eigenvalue weighted by Gasteiger charge is 2.21. The van der Waals surface area contributed by atoms with Crippen molar-refractivity contribution in [3.8, 4) is 0 Å². The van der Waals surface area contributed by atoms with E-state index in [9.17, 15) is 9.90 Å². The molecule has 1 aromatic carbocycles. The molecule has 6 heteroatoms. The number of benzene rings is 1. The molecule has 1 aliphatic rings. The Morgan fingerprint density at radius 3 is 2.72 bits per heavy atom. The first-order valence-electron chi connectivity index (χ1n) is 8.84. The third-order valence-corrected chi connectivity index (χ3v) is 4.90. The lowest BCUT2D eigenvalue weighted by molar-refractivity contribution is 0.0909. The Kier molecular flexibility index (Phi) is 5.83. The average Bonchev–Trinajstić information content (AvgIpc) is 2.65. The largest absolute Gasteiger partial charge is 0.387 e. The number of aliphatic hydroxyl groups is 1. The van der Waals surface area contributed by atoms with E-state index in [0.717, 1.165) is 38.0 Å². The summed E-state index contributed by atoms with van der Waals surface area (Å²) < 4.78 is 1.53. The third kappa shape index (κ3) is 4.67. The summed E-state index contributed by atoms with van der Waals surface area (Å²) in [6.45, 7) is 3.37. The molecule has 0 amide bonds. The molecule has 3 rings (SSSR count). The van der Waals surface area contributed by atoms with Crippen LogP contribution in [-0.2, 0) is 7.05 Å². The van der Waals surface area contributed by atoms with Crippen LogP contribution in [0.3, 0.4) is 0 Å². The lowest BCUT2D eigenvalue weighted by Crippen LogP contribution is -2.38. The number of hydrogen-bond acceptors (Lipinski definition) is 5. The molecule has 6 nitrogen and oxygen atoms in total. The van der Waals surface area contributed by atoms with Gasteiger partial charge in [0.05, 0.1) is 6.10 Å². The van der Waals surface area contributed by atoms with Gasteiger partial charge < -0.3 is 19.9 Å². The van der Waals surface area contributed by atoms with E-state index >= 15 is 0 Å². The molecule has 0 saturated carbocycles. The summed E-state index contributed by atoms with van der Waals surface area (Å²) in [5.41, 5.74) is 0.878. The normalized spacial score (nSPS) is 17.4. The quantitative estimate of drug-likeness (QED) is 0.835. The Bertz CT molecular complexity index is 724. The van der Waals surface area contributed by atoms with Gasteiger partial charge in [0.15, 0.2) is 5.82 Å². The molecule has 0 aliphatic carbocycles. The second-order valence-corrected chi connectivity index (χ2v) is 6.74. The molecule has 2 N–H and O–H groups in total. The van der Waals surface area contributed by atoms with Crippen LogP contribution < -0.4 is 10.9 Å². The molecule has 2 heterocycles. The number of aromatic nitrogens is 2. The molecule has 0 spiro atoms. The summed E-state index contributed by atoms with van der Waals surface area (Å²) in [7, 11) is 1.73. The van der Waals surface area contributed by atoms with Crippen molar-refractivity contribution < 1.29 is 5.11 Å². The van der Waals surface area contributed by atoms with E-state index in [1.54, 1.807) is 19.4 Å². The van der Waals surface area contributed by atoms with Gasteiger partial charge in [0.25, 0.3) is 5.56 Å². The van der Waals surface area contributed by atoms with E-state index in [0.29, 0.717) is 18.3 Å². The van der Waals surface area contributed by atoms with Gasteiger partial charge in [-0.2, -0.15) is 0 Å². The SMILES string of the molecule is Cn1ccnc(NCC2CCN(C[C@@H](O)c3ccccc3)CC2)c1=O. The molecule has 0 unspecified atom stereocenters. The first kappa shape index (κ1) is 17.6. The number of hydrogen-bond donors (Lipinski definition) is 2. The van der Waals surface area contributed by atoms with Gasteiger partial charge in [-0.15, -0.1) is 0 Å². The second kappa shape index (κ2) is 8.27. The predicted molar refractivity (Wildman–Crippen MR) is 98.5 cm³/mol. The third-order valence-electron chi connectivity index (χ3n) is 4.90. The van der Waals surface area contributed by atoms with Gasteiger partial charge >= 0.3 is 0 Å². The topological polar surface area (TPSA) is 70.4 Å². The first-order chi connectivity index (χ1) is 12.1. The monoisotopic (exact) mass is 342 g/mol. The fourth-order valence-electron chi connectivity index (χ4n) is 3.26. The molecule has 2 aromatic rings. The molecule has 0 bridgehead atoms. The van der Waals surface area contributed by atoms with Crippen LogP contribution in [0.5, 0.6) is 0 Å². The van der Waals surface area contributed by atoms with Crippen LogP contribution in [0.25, 0.3) is 0 Å². The van der Waals surface area contributed by atoms with Crippen LogP contribution in [0.2, 0.25) is 0 Å². The number of likely N-dealkylation sites (tertiary alicyclic amines) is 1. The fourth-order valence-corrected chi connectivity index (χ4v) is 3.26. The van der Waals surface area contributed by atoms with Crippen LogP contribution >= 0.6 is 0 Å². The number of nitrogens with zero attached hydrogens (tertiary/aromatic N) is 3. The predicted octanol–water partition coefficient (Wildman–Crippen LogP) is 1.64. The average molecular weight is 342 g/mol. The minimum atomic E-state index is -0.438. The van der Waals surface area contributed by atoms with Crippen molar-refractivity contribution in [2.45, 2.75) is 18.9 Å². The zero-order valence-electron chi connectivity index (χ0n) is 14.6. The molecule has 1 saturated heterocycles. The van der Waals surface area contributed by atoms with Gasteiger partial charge in [0, 0.05) is 32.5 Å². The minimum absolute atomic E-state index is 0.0917. The van der Waals surface area contributed by atoms with Crippen LogP contribution in [0.4, 0.5) is 5.82 Å².